The zero-order valence-electron chi connectivity index (χ0n) is 17.1. The van der Waals surface area contributed by atoms with Crippen molar-refractivity contribution >= 4 is 11.9 Å². The quantitative estimate of drug-likeness (QED) is 0.621. The van der Waals surface area contributed by atoms with Crippen molar-refractivity contribution in [2.75, 3.05) is 18.0 Å². The van der Waals surface area contributed by atoms with Crippen molar-refractivity contribution in [3.63, 3.8) is 0 Å². The van der Waals surface area contributed by atoms with Gasteiger partial charge in [0.15, 0.2) is 0 Å². The molecule has 1 N–H and O–H groups in total. The first-order chi connectivity index (χ1) is 15.2. The van der Waals surface area contributed by atoms with E-state index in [1.54, 1.807) is 4.90 Å². The number of nitrogens with zero attached hydrogens (tertiary/aromatic N) is 5. The zero-order chi connectivity index (χ0) is 22.9. The van der Waals surface area contributed by atoms with Gasteiger partial charge in [0.05, 0.1) is 11.7 Å². The fraction of sp³-hybridized carbons (Fsp3) is 0.333. The Kier molecular flexibility index (Phi) is 5.81. The van der Waals surface area contributed by atoms with Crippen LogP contribution in [0.1, 0.15) is 23.5 Å². The smallest absolute Gasteiger partial charge is 0.343 e. The molecule has 2 unspecified atom stereocenters. The number of anilines is 1. The Morgan fingerprint density at radius 2 is 1.78 bits per heavy atom. The Bertz CT molecular complexity index is 1080. The second kappa shape index (κ2) is 8.56. The number of amides is 1. The molecule has 1 aliphatic heterocycles. The molecule has 1 aliphatic rings. The van der Waals surface area contributed by atoms with E-state index in [0.717, 1.165) is 5.56 Å². The second-order valence-corrected chi connectivity index (χ2v) is 7.70. The summed E-state index contributed by atoms with van der Waals surface area (Å²) in [5.74, 6) is -2.53. The van der Waals surface area contributed by atoms with Crippen LogP contribution >= 0.6 is 0 Å². The van der Waals surface area contributed by atoms with Crippen LogP contribution in [0.4, 0.5) is 23.5 Å². The van der Waals surface area contributed by atoms with Crippen LogP contribution in [-0.4, -0.2) is 51.4 Å². The third-order valence-corrected chi connectivity index (χ3v) is 5.50. The van der Waals surface area contributed by atoms with E-state index in [4.69, 9.17) is 0 Å². The Labute approximate surface area is 181 Å². The Morgan fingerprint density at radius 3 is 2.44 bits per heavy atom. The average molecular weight is 448 g/mol. The summed E-state index contributed by atoms with van der Waals surface area (Å²) < 4.78 is 53.7. The molecule has 0 spiro atoms. The molecule has 168 valence electrons. The number of tetrazole rings is 1. The number of rotatable bonds is 4. The third kappa shape index (κ3) is 4.56. The Morgan fingerprint density at radius 1 is 1.09 bits per heavy atom. The molecule has 11 heteroatoms. The zero-order valence-corrected chi connectivity index (χ0v) is 17.1. The monoisotopic (exact) mass is 448 g/mol. The van der Waals surface area contributed by atoms with Gasteiger partial charge in [0, 0.05) is 19.0 Å². The molecule has 7 nitrogen and oxygen atoms in total. The molecule has 0 aliphatic carbocycles. The van der Waals surface area contributed by atoms with E-state index in [1.165, 1.54) is 28.9 Å². The van der Waals surface area contributed by atoms with Crippen LogP contribution in [-0.2, 0) is 4.79 Å². The van der Waals surface area contributed by atoms with E-state index in [1.807, 2.05) is 31.2 Å². The molecule has 1 amide bonds. The van der Waals surface area contributed by atoms with Gasteiger partial charge in [0.2, 0.25) is 5.95 Å². The maximum atomic E-state index is 13.3. The van der Waals surface area contributed by atoms with Gasteiger partial charge in [-0.2, -0.15) is 17.9 Å². The van der Waals surface area contributed by atoms with Crippen molar-refractivity contribution < 1.29 is 22.4 Å². The van der Waals surface area contributed by atoms with Crippen molar-refractivity contribution in [1.29, 1.82) is 0 Å². The molecule has 3 aromatic rings. The molecule has 32 heavy (non-hydrogen) atoms. The average Bonchev–Trinajstić information content (AvgIpc) is 3.24. The number of piperidine rings is 1. The molecule has 1 aromatic heterocycles. The van der Waals surface area contributed by atoms with Gasteiger partial charge in [-0.3, -0.25) is 4.79 Å². The van der Waals surface area contributed by atoms with Gasteiger partial charge >= 0.3 is 12.1 Å². The SMILES string of the molecule is Cc1ccc(-n2nnnc2N2CCC(c3ccc(F)cc3)C(NC(=O)C(F)(F)F)C2)cc1. The van der Waals surface area contributed by atoms with Crippen molar-refractivity contribution in [3.05, 3.63) is 65.5 Å². The standard InChI is InChI=1S/C21H20F4N6O/c1-13-2-8-16(9-3-13)31-20(27-28-29-31)30-11-10-17(14-4-6-15(22)7-5-14)18(12-30)26-19(32)21(23,24)25/h2-9,17-18H,10-12H2,1H3,(H,26,32). The molecule has 0 radical (unpaired) electrons. The van der Waals surface area contributed by atoms with E-state index < -0.39 is 29.9 Å². The van der Waals surface area contributed by atoms with Crippen LogP contribution in [0, 0.1) is 12.7 Å². The van der Waals surface area contributed by atoms with Crippen LogP contribution in [0.3, 0.4) is 0 Å². The number of hydrogen-bond acceptors (Lipinski definition) is 5. The summed E-state index contributed by atoms with van der Waals surface area (Å²) in [6.07, 6.45) is -4.60. The minimum Gasteiger partial charge on any atom is -0.343 e. The van der Waals surface area contributed by atoms with Crippen LogP contribution in [0.25, 0.3) is 5.69 Å². The maximum Gasteiger partial charge on any atom is 0.471 e. The van der Waals surface area contributed by atoms with Gasteiger partial charge in [-0.05, 0) is 53.6 Å². The number of carbonyl (C=O) groups excluding carboxylic acids is 1. The van der Waals surface area contributed by atoms with Crippen molar-refractivity contribution in [3.8, 4) is 5.69 Å². The molecular weight excluding hydrogens is 428 g/mol. The highest BCUT2D eigenvalue weighted by Crippen LogP contribution is 2.31. The topological polar surface area (TPSA) is 75.9 Å². The lowest BCUT2D eigenvalue weighted by Gasteiger charge is -2.39. The summed E-state index contributed by atoms with van der Waals surface area (Å²) in [7, 11) is 0. The van der Waals surface area contributed by atoms with Gasteiger partial charge < -0.3 is 10.2 Å². The van der Waals surface area contributed by atoms with Crippen molar-refractivity contribution in [2.24, 2.45) is 0 Å². The molecule has 2 atom stereocenters. The summed E-state index contributed by atoms with van der Waals surface area (Å²) in [4.78, 5) is 13.5. The number of alkyl halides is 3. The summed E-state index contributed by atoms with van der Waals surface area (Å²) in [6.45, 7) is 2.43. The Hall–Kier alpha value is -3.50. The first-order valence-corrected chi connectivity index (χ1v) is 9.96. The molecule has 1 saturated heterocycles. The summed E-state index contributed by atoms with van der Waals surface area (Å²) in [5, 5.41) is 13.9. The number of hydrogen-bond donors (Lipinski definition) is 1. The van der Waals surface area contributed by atoms with E-state index in [-0.39, 0.29) is 6.54 Å². The maximum absolute atomic E-state index is 13.3. The largest absolute Gasteiger partial charge is 0.471 e. The van der Waals surface area contributed by atoms with Gasteiger partial charge in [-0.15, -0.1) is 0 Å². The minimum atomic E-state index is -5.01. The lowest BCUT2D eigenvalue weighted by Crippen LogP contribution is -2.54. The highest BCUT2D eigenvalue weighted by atomic mass is 19.4. The summed E-state index contributed by atoms with van der Waals surface area (Å²) in [5.41, 5.74) is 2.40. The predicted octanol–water partition coefficient (Wildman–Crippen LogP) is 3.15. The van der Waals surface area contributed by atoms with E-state index in [2.05, 4.69) is 20.8 Å². The molecule has 0 bridgehead atoms. The molecule has 1 fully saturated rings. The lowest BCUT2D eigenvalue weighted by molar-refractivity contribution is -0.174. The van der Waals surface area contributed by atoms with Crippen LogP contribution in [0.5, 0.6) is 0 Å². The molecule has 2 aromatic carbocycles. The fourth-order valence-electron chi connectivity index (χ4n) is 3.87. The first-order valence-electron chi connectivity index (χ1n) is 9.96. The van der Waals surface area contributed by atoms with Crippen molar-refractivity contribution in [1.82, 2.24) is 25.5 Å². The van der Waals surface area contributed by atoms with E-state index in [0.29, 0.717) is 30.2 Å². The van der Waals surface area contributed by atoms with Crippen LogP contribution in [0.2, 0.25) is 0 Å². The fourth-order valence-corrected chi connectivity index (χ4v) is 3.87. The third-order valence-electron chi connectivity index (χ3n) is 5.50. The van der Waals surface area contributed by atoms with Crippen LogP contribution < -0.4 is 10.2 Å². The highest BCUT2D eigenvalue weighted by Gasteiger charge is 2.42. The number of aryl methyl sites for hydroxylation is 1. The minimum absolute atomic E-state index is 0.0517. The van der Waals surface area contributed by atoms with E-state index >= 15 is 0 Å². The lowest BCUT2D eigenvalue weighted by atomic mass is 9.85. The number of benzene rings is 2. The van der Waals surface area contributed by atoms with Crippen molar-refractivity contribution in [2.45, 2.75) is 31.5 Å². The molecule has 0 saturated carbocycles. The normalized spacial score (nSPS) is 19.1. The first kappa shape index (κ1) is 21.7. The second-order valence-electron chi connectivity index (χ2n) is 7.70. The molecule has 2 heterocycles. The van der Waals surface area contributed by atoms with E-state index in [9.17, 15) is 22.4 Å². The number of nitrogens with one attached hydrogen (secondary N) is 1. The number of halogens is 4. The molecular formula is C21H20F4N6O. The number of aromatic nitrogens is 4. The number of carbonyl (C=O) groups is 1. The van der Waals surface area contributed by atoms with Gasteiger partial charge in [-0.25, -0.2) is 4.39 Å². The molecule has 4 rings (SSSR count). The summed E-state index contributed by atoms with van der Waals surface area (Å²) in [6, 6.07) is 12.1. The van der Waals surface area contributed by atoms with Gasteiger partial charge in [0.25, 0.3) is 0 Å². The highest BCUT2D eigenvalue weighted by molar-refractivity contribution is 5.82. The summed E-state index contributed by atoms with van der Waals surface area (Å²) >= 11 is 0. The van der Waals surface area contributed by atoms with Gasteiger partial charge in [-0.1, -0.05) is 34.9 Å². The predicted molar refractivity (Wildman–Crippen MR) is 108 cm³/mol. The van der Waals surface area contributed by atoms with Gasteiger partial charge in [0.1, 0.15) is 5.82 Å². The van der Waals surface area contributed by atoms with Crippen LogP contribution in [0.15, 0.2) is 48.5 Å². The Balaban J connectivity index is 1.62.